The molecule has 1 aliphatic heterocycles. The summed E-state index contributed by atoms with van der Waals surface area (Å²) >= 11 is 1.70. The number of nitrogens with zero attached hydrogens (tertiary/aromatic N) is 1. The molecule has 2 heterocycles. The Kier molecular flexibility index (Phi) is 5.31. The highest BCUT2D eigenvalue weighted by atomic mass is 32.1. The zero-order valence-electron chi connectivity index (χ0n) is 13.5. The first-order valence-electron chi connectivity index (χ1n) is 8.18. The Hall–Kier alpha value is -1.85. The van der Waals surface area contributed by atoms with Gasteiger partial charge in [0.1, 0.15) is 6.54 Å². The van der Waals surface area contributed by atoms with Crippen LogP contribution in [0.15, 0.2) is 41.1 Å². The minimum atomic E-state index is 0.0617. The predicted molar refractivity (Wildman–Crippen MR) is 96.3 cm³/mol. The molecular weight excluding hydrogens is 306 g/mol. The first kappa shape index (κ1) is 16.0. The van der Waals surface area contributed by atoms with Crippen LogP contribution in [0.1, 0.15) is 18.4 Å². The fourth-order valence-electron chi connectivity index (χ4n) is 3.01. The maximum absolute atomic E-state index is 12.2. The smallest absolute Gasteiger partial charge is 0.279 e. The SMILES string of the molecule is C[NH+](CC(=O)Nc1ccc(N2CCCC2)cc1)Cc1ccsc1. The van der Waals surface area contributed by atoms with Crippen LogP contribution in [0.4, 0.5) is 11.4 Å². The molecule has 1 aromatic carbocycles. The van der Waals surface area contributed by atoms with Crippen LogP contribution in [0.2, 0.25) is 0 Å². The van der Waals surface area contributed by atoms with Crippen molar-refractivity contribution >= 4 is 28.6 Å². The number of hydrogen-bond acceptors (Lipinski definition) is 3. The van der Waals surface area contributed by atoms with Crippen LogP contribution in [0.25, 0.3) is 0 Å². The van der Waals surface area contributed by atoms with E-state index >= 15 is 0 Å². The van der Waals surface area contributed by atoms with Crippen molar-refractivity contribution in [3.8, 4) is 0 Å². The van der Waals surface area contributed by atoms with Crippen LogP contribution in [-0.4, -0.2) is 32.6 Å². The summed E-state index contributed by atoms with van der Waals surface area (Å²) in [7, 11) is 2.05. The number of likely N-dealkylation sites (N-methyl/N-ethyl adjacent to an activating group) is 1. The van der Waals surface area contributed by atoms with Gasteiger partial charge in [-0.15, -0.1) is 0 Å². The Labute approximate surface area is 141 Å². The molecule has 122 valence electrons. The molecule has 1 amide bonds. The Morgan fingerprint density at radius 3 is 2.61 bits per heavy atom. The molecule has 1 unspecified atom stereocenters. The monoisotopic (exact) mass is 330 g/mol. The molecule has 2 aromatic rings. The molecule has 0 bridgehead atoms. The highest BCUT2D eigenvalue weighted by Crippen LogP contribution is 2.21. The Bertz CT molecular complexity index is 618. The van der Waals surface area contributed by atoms with E-state index in [4.69, 9.17) is 0 Å². The van der Waals surface area contributed by atoms with Gasteiger partial charge >= 0.3 is 0 Å². The molecule has 0 spiro atoms. The van der Waals surface area contributed by atoms with E-state index in [0.29, 0.717) is 6.54 Å². The van der Waals surface area contributed by atoms with Crippen molar-refractivity contribution in [2.45, 2.75) is 19.4 Å². The van der Waals surface area contributed by atoms with Crippen molar-refractivity contribution in [2.24, 2.45) is 0 Å². The number of amides is 1. The van der Waals surface area contributed by atoms with Gasteiger partial charge in [0.15, 0.2) is 6.54 Å². The zero-order chi connectivity index (χ0) is 16.1. The third-order valence-corrected chi connectivity index (χ3v) is 4.90. The Morgan fingerprint density at radius 2 is 1.96 bits per heavy atom. The molecule has 0 saturated carbocycles. The minimum Gasteiger partial charge on any atom is -0.372 e. The number of benzene rings is 1. The molecule has 5 heteroatoms. The number of carbonyl (C=O) groups is 1. The van der Waals surface area contributed by atoms with E-state index in [1.807, 2.05) is 19.2 Å². The molecule has 1 atom stereocenters. The third kappa shape index (κ3) is 4.56. The lowest BCUT2D eigenvalue weighted by Gasteiger charge is -2.18. The van der Waals surface area contributed by atoms with Gasteiger partial charge in [0.25, 0.3) is 5.91 Å². The van der Waals surface area contributed by atoms with Gasteiger partial charge in [-0.2, -0.15) is 11.3 Å². The molecule has 1 saturated heterocycles. The molecule has 3 rings (SSSR count). The maximum atomic E-state index is 12.2. The number of carbonyl (C=O) groups excluding carboxylic acids is 1. The highest BCUT2D eigenvalue weighted by molar-refractivity contribution is 7.07. The van der Waals surface area contributed by atoms with Gasteiger partial charge < -0.3 is 15.1 Å². The molecule has 2 N–H and O–H groups in total. The molecular formula is C18H24N3OS+. The summed E-state index contributed by atoms with van der Waals surface area (Å²) < 4.78 is 0. The summed E-state index contributed by atoms with van der Waals surface area (Å²) in [6, 6.07) is 10.3. The lowest BCUT2D eigenvalue weighted by Crippen LogP contribution is -3.08. The van der Waals surface area contributed by atoms with Gasteiger partial charge in [0.2, 0.25) is 0 Å². The number of hydrogen-bond donors (Lipinski definition) is 2. The fraction of sp³-hybridized carbons (Fsp3) is 0.389. The van der Waals surface area contributed by atoms with E-state index in [2.05, 4.69) is 39.2 Å². The fourth-order valence-corrected chi connectivity index (χ4v) is 3.68. The molecule has 4 nitrogen and oxygen atoms in total. The van der Waals surface area contributed by atoms with Crippen LogP contribution >= 0.6 is 11.3 Å². The van der Waals surface area contributed by atoms with Crippen LogP contribution in [0, 0.1) is 0 Å². The van der Waals surface area contributed by atoms with Crippen molar-refractivity contribution in [3.05, 3.63) is 46.7 Å². The largest absolute Gasteiger partial charge is 0.372 e. The number of thiophene rings is 1. The van der Waals surface area contributed by atoms with Crippen molar-refractivity contribution in [3.63, 3.8) is 0 Å². The third-order valence-electron chi connectivity index (χ3n) is 4.17. The minimum absolute atomic E-state index is 0.0617. The second-order valence-electron chi connectivity index (χ2n) is 6.23. The number of nitrogens with one attached hydrogen (secondary N) is 2. The van der Waals surface area contributed by atoms with Crippen molar-refractivity contribution in [2.75, 3.05) is 36.9 Å². The van der Waals surface area contributed by atoms with Crippen molar-refractivity contribution in [1.82, 2.24) is 0 Å². The van der Waals surface area contributed by atoms with E-state index in [9.17, 15) is 4.79 Å². The summed E-state index contributed by atoms with van der Waals surface area (Å²) in [6.45, 7) is 3.64. The highest BCUT2D eigenvalue weighted by Gasteiger charge is 2.13. The number of anilines is 2. The molecule has 1 fully saturated rings. The van der Waals surface area contributed by atoms with Gasteiger partial charge in [0, 0.05) is 30.0 Å². The van der Waals surface area contributed by atoms with Gasteiger partial charge in [-0.3, -0.25) is 4.79 Å². The summed E-state index contributed by atoms with van der Waals surface area (Å²) in [5.74, 6) is 0.0617. The summed E-state index contributed by atoms with van der Waals surface area (Å²) in [4.78, 5) is 15.7. The van der Waals surface area contributed by atoms with Gasteiger partial charge in [-0.25, -0.2) is 0 Å². The van der Waals surface area contributed by atoms with Gasteiger partial charge in [0.05, 0.1) is 7.05 Å². The molecule has 1 aliphatic rings. The van der Waals surface area contributed by atoms with Crippen LogP contribution in [0.3, 0.4) is 0 Å². The Balaban J connectivity index is 1.49. The standard InChI is InChI=1S/C18H23N3OS/c1-20(12-15-8-11-23-14-15)13-18(22)19-16-4-6-17(7-5-16)21-9-2-3-10-21/h4-8,11,14H,2-3,9-10,12-13H2,1H3,(H,19,22)/p+1. The molecule has 1 aromatic heterocycles. The summed E-state index contributed by atoms with van der Waals surface area (Å²) in [5, 5.41) is 7.21. The molecule has 0 aliphatic carbocycles. The average molecular weight is 330 g/mol. The topological polar surface area (TPSA) is 36.8 Å². The lowest BCUT2D eigenvalue weighted by atomic mass is 10.2. The van der Waals surface area contributed by atoms with E-state index < -0.39 is 0 Å². The first-order valence-corrected chi connectivity index (χ1v) is 9.12. The van der Waals surface area contributed by atoms with E-state index in [1.165, 1.54) is 29.0 Å². The van der Waals surface area contributed by atoms with Gasteiger partial charge in [-0.05, 0) is 53.9 Å². The normalized spacial score (nSPS) is 15.6. The van der Waals surface area contributed by atoms with Gasteiger partial charge in [-0.1, -0.05) is 0 Å². The predicted octanol–water partition coefficient (Wildman–Crippen LogP) is 2.00. The Morgan fingerprint density at radius 1 is 1.22 bits per heavy atom. The van der Waals surface area contributed by atoms with Crippen LogP contribution in [0.5, 0.6) is 0 Å². The average Bonchev–Trinajstić information content (AvgIpc) is 3.20. The van der Waals surface area contributed by atoms with Crippen LogP contribution < -0.4 is 15.1 Å². The number of quaternary nitrogens is 1. The number of rotatable bonds is 6. The van der Waals surface area contributed by atoms with E-state index in [-0.39, 0.29) is 5.91 Å². The summed E-state index contributed by atoms with van der Waals surface area (Å²) in [6.07, 6.45) is 2.55. The zero-order valence-corrected chi connectivity index (χ0v) is 14.4. The second kappa shape index (κ2) is 7.62. The first-order chi connectivity index (χ1) is 11.2. The molecule has 0 radical (unpaired) electrons. The maximum Gasteiger partial charge on any atom is 0.279 e. The second-order valence-corrected chi connectivity index (χ2v) is 7.01. The summed E-state index contributed by atoms with van der Waals surface area (Å²) in [5.41, 5.74) is 3.41. The van der Waals surface area contributed by atoms with Crippen molar-refractivity contribution < 1.29 is 9.69 Å². The van der Waals surface area contributed by atoms with Crippen molar-refractivity contribution in [1.29, 1.82) is 0 Å². The molecule has 23 heavy (non-hydrogen) atoms. The van der Waals surface area contributed by atoms with E-state index in [0.717, 1.165) is 25.3 Å². The quantitative estimate of drug-likeness (QED) is 0.850. The lowest BCUT2D eigenvalue weighted by molar-refractivity contribution is -0.885. The van der Waals surface area contributed by atoms with Crippen LogP contribution in [-0.2, 0) is 11.3 Å². The van der Waals surface area contributed by atoms with E-state index in [1.54, 1.807) is 11.3 Å².